The first-order valence-corrected chi connectivity index (χ1v) is 4.82. The maximum atomic E-state index is 10.7. The minimum absolute atomic E-state index is 0.0443. The van der Waals surface area contributed by atoms with Crippen LogP contribution in [0.1, 0.15) is 18.1 Å². The van der Waals surface area contributed by atoms with Gasteiger partial charge in [-0.2, -0.15) is 0 Å². The summed E-state index contributed by atoms with van der Waals surface area (Å²) in [4.78, 5) is 10.7. The van der Waals surface area contributed by atoms with Crippen LogP contribution in [0.15, 0.2) is 18.2 Å². The van der Waals surface area contributed by atoms with Crippen molar-refractivity contribution in [3.05, 3.63) is 28.8 Å². The zero-order chi connectivity index (χ0) is 11.0. The molecule has 1 heterocycles. The van der Waals surface area contributed by atoms with E-state index in [1.807, 2.05) is 0 Å². The molecular formula is C10H9ClO4. The molecule has 1 aliphatic heterocycles. The molecule has 1 aromatic rings. The summed E-state index contributed by atoms with van der Waals surface area (Å²) in [6, 6.07) is 4.74. The predicted molar refractivity (Wildman–Crippen MR) is 53.1 cm³/mol. The SMILES string of the molecule is O=C(O)[C@H]1C[C@@H](O)c2cc(Cl)ccc2O1. The van der Waals surface area contributed by atoms with Gasteiger partial charge in [0.25, 0.3) is 0 Å². The minimum atomic E-state index is -1.07. The van der Waals surface area contributed by atoms with Gasteiger partial charge in [0.1, 0.15) is 5.75 Å². The third-order valence-corrected chi connectivity index (χ3v) is 2.55. The van der Waals surface area contributed by atoms with Crippen LogP contribution in [-0.4, -0.2) is 22.3 Å². The lowest BCUT2D eigenvalue weighted by Crippen LogP contribution is -2.32. The maximum absolute atomic E-state index is 10.7. The Morgan fingerprint density at radius 1 is 1.53 bits per heavy atom. The summed E-state index contributed by atoms with van der Waals surface area (Å²) in [6.45, 7) is 0. The summed E-state index contributed by atoms with van der Waals surface area (Å²) in [5, 5.41) is 19.0. The Balaban J connectivity index is 2.36. The molecule has 2 N–H and O–H groups in total. The van der Waals surface area contributed by atoms with E-state index in [0.29, 0.717) is 16.3 Å². The zero-order valence-corrected chi connectivity index (χ0v) is 8.44. The number of carboxylic acids is 1. The summed E-state index contributed by atoms with van der Waals surface area (Å²) in [5.41, 5.74) is 0.542. The van der Waals surface area contributed by atoms with Gasteiger partial charge in [-0.05, 0) is 18.2 Å². The zero-order valence-electron chi connectivity index (χ0n) is 7.68. The maximum Gasteiger partial charge on any atom is 0.345 e. The Morgan fingerprint density at radius 2 is 2.27 bits per heavy atom. The average Bonchev–Trinajstić information content (AvgIpc) is 2.18. The molecule has 80 valence electrons. The molecule has 0 unspecified atom stereocenters. The van der Waals surface area contributed by atoms with E-state index in [1.54, 1.807) is 18.2 Å². The molecule has 0 fully saturated rings. The van der Waals surface area contributed by atoms with Crippen molar-refractivity contribution < 1.29 is 19.7 Å². The van der Waals surface area contributed by atoms with Crippen LogP contribution < -0.4 is 4.74 Å². The van der Waals surface area contributed by atoms with Crippen molar-refractivity contribution in [1.82, 2.24) is 0 Å². The summed E-state index contributed by atoms with van der Waals surface area (Å²) < 4.78 is 5.20. The van der Waals surface area contributed by atoms with Crippen LogP contribution in [0.25, 0.3) is 0 Å². The molecule has 0 bridgehead atoms. The molecule has 2 rings (SSSR count). The largest absolute Gasteiger partial charge is 0.479 e. The molecular weight excluding hydrogens is 220 g/mol. The van der Waals surface area contributed by atoms with Gasteiger partial charge in [-0.25, -0.2) is 4.79 Å². The highest BCUT2D eigenvalue weighted by Crippen LogP contribution is 2.36. The highest BCUT2D eigenvalue weighted by atomic mass is 35.5. The molecule has 1 aromatic carbocycles. The lowest BCUT2D eigenvalue weighted by Gasteiger charge is -2.27. The Labute approximate surface area is 91.1 Å². The smallest absolute Gasteiger partial charge is 0.345 e. The number of carbonyl (C=O) groups is 1. The van der Waals surface area contributed by atoms with E-state index in [4.69, 9.17) is 21.4 Å². The van der Waals surface area contributed by atoms with E-state index in [0.717, 1.165) is 0 Å². The van der Waals surface area contributed by atoms with Crippen molar-refractivity contribution in [2.75, 3.05) is 0 Å². The summed E-state index contributed by atoms with van der Waals surface area (Å²) in [5.74, 6) is -0.694. The number of aliphatic carboxylic acids is 1. The number of ether oxygens (including phenoxy) is 1. The predicted octanol–water partition coefficient (Wildman–Crippen LogP) is 1.61. The number of aliphatic hydroxyl groups is 1. The van der Waals surface area contributed by atoms with Gasteiger partial charge < -0.3 is 14.9 Å². The van der Waals surface area contributed by atoms with Crippen molar-refractivity contribution >= 4 is 17.6 Å². The molecule has 0 radical (unpaired) electrons. The Kier molecular flexibility index (Phi) is 2.54. The molecule has 0 amide bonds. The van der Waals surface area contributed by atoms with Crippen LogP contribution in [0.2, 0.25) is 5.02 Å². The summed E-state index contributed by atoms with van der Waals surface area (Å²) >= 11 is 5.76. The quantitative estimate of drug-likeness (QED) is 0.766. The van der Waals surface area contributed by atoms with Crippen molar-refractivity contribution in [3.8, 4) is 5.75 Å². The Hall–Kier alpha value is -1.26. The lowest BCUT2D eigenvalue weighted by atomic mass is 9.99. The number of fused-ring (bicyclic) bond motifs is 1. The number of aliphatic hydroxyl groups excluding tert-OH is 1. The van der Waals surface area contributed by atoms with Gasteiger partial charge >= 0.3 is 5.97 Å². The van der Waals surface area contributed by atoms with Crippen LogP contribution in [0.4, 0.5) is 0 Å². The molecule has 0 aromatic heterocycles. The topological polar surface area (TPSA) is 66.8 Å². The van der Waals surface area contributed by atoms with Crippen LogP contribution in [0.5, 0.6) is 5.75 Å². The number of hydrogen-bond donors (Lipinski definition) is 2. The standard InChI is InChI=1S/C10H9ClO4/c11-5-1-2-8-6(3-5)7(12)4-9(15-8)10(13)14/h1-3,7,9,12H,4H2,(H,13,14)/t7-,9-/m1/s1. The normalized spacial score (nSPS) is 24.1. The van der Waals surface area contributed by atoms with E-state index in [-0.39, 0.29) is 6.42 Å². The number of carboxylic acid groups (broad SMARTS) is 1. The number of halogens is 1. The fourth-order valence-corrected chi connectivity index (χ4v) is 1.75. The Morgan fingerprint density at radius 3 is 2.93 bits per heavy atom. The molecule has 0 spiro atoms. The van der Waals surface area contributed by atoms with Crippen molar-refractivity contribution in [3.63, 3.8) is 0 Å². The van der Waals surface area contributed by atoms with Gasteiger partial charge in [-0.15, -0.1) is 0 Å². The van der Waals surface area contributed by atoms with E-state index in [9.17, 15) is 9.90 Å². The van der Waals surface area contributed by atoms with Crippen LogP contribution >= 0.6 is 11.6 Å². The molecule has 4 nitrogen and oxygen atoms in total. The van der Waals surface area contributed by atoms with Crippen molar-refractivity contribution in [2.45, 2.75) is 18.6 Å². The first kappa shape index (κ1) is 10.3. The van der Waals surface area contributed by atoms with Crippen LogP contribution in [-0.2, 0) is 4.79 Å². The molecule has 0 aliphatic carbocycles. The molecule has 15 heavy (non-hydrogen) atoms. The van der Waals surface area contributed by atoms with E-state index in [1.165, 1.54) is 0 Å². The second-order valence-electron chi connectivity index (χ2n) is 3.38. The van der Waals surface area contributed by atoms with Gasteiger partial charge in [-0.1, -0.05) is 11.6 Å². The van der Waals surface area contributed by atoms with Crippen LogP contribution in [0, 0.1) is 0 Å². The molecule has 1 aliphatic rings. The first-order valence-electron chi connectivity index (χ1n) is 4.45. The summed E-state index contributed by atoms with van der Waals surface area (Å²) in [7, 11) is 0. The highest BCUT2D eigenvalue weighted by Gasteiger charge is 2.31. The third kappa shape index (κ3) is 1.91. The van der Waals surface area contributed by atoms with Crippen molar-refractivity contribution in [2.24, 2.45) is 0 Å². The fraction of sp³-hybridized carbons (Fsp3) is 0.300. The van der Waals surface area contributed by atoms with E-state index >= 15 is 0 Å². The second-order valence-corrected chi connectivity index (χ2v) is 3.81. The first-order chi connectivity index (χ1) is 7.08. The molecule has 2 atom stereocenters. The number of rotatable bonds is 1. The second kappa shape index (κ2) is 3.72. The van der Waals surface area contributed by atoms with E-state index in [2.05, 4.69) is 0 Å². The van der Waals surface area contributed by atoms with Gasteiger partial charge in [0, 0.05) is 17.0 Å². The third-order valence-electron chi connectivity index (χ3n) is 2.31. The molecule has 0 saturated heterocycles. The number of benzene rings is 1. The average molecular weight is 229 g/mol. The lowest BCUT2D eigenvalue weighted by molar-refractivity contribution is -0.147. The summed E-state index contributed by atoms with van der Waals surface area (Å²) in [6.07, 6.45) is -1.79. The van der Waals surface area contributed by atoms with Gasteiger partial charge in [-0.3, -0.25) is 0 Å². The number of hydrogen-bond acceptors (Lipinski definition) is 3. The van der Waals surface area contributed by atoms with Crippen molar-refractivity contribution in [1.29, 1.82) is 0 Å². The van der Waals surface area contributed by atoms with Gasteiger partial charge in [0.05, 0.1) is 6.10 Å². The molecule has 0 saturated carbocycles. The van der Waals surface area contributed by atoms with Crippen LogP contribution in [0.3, 0.4) is 0 Å². The van der Waals surface area contributed by atoms with Gasteiger partial charge in [0.15, 0.2) is 6.10 Å². The Bertz CT molecular complexity index is 404. The fourth-order valence-electron chi connectivity index (χ4n) is 1.57. The van der Waals surface area contributed by atoms with Gasteiger partial charge in [0.2, 0.25) is 0 Å². The van der Waals surface area contributed by atoms with E-state index < -0.39 is 18.2 Å². The highest BCUT2D eigenvalue weighted by molar-refractivity contribution is 6.30. The molecule has 5 heteroatoms. The monoisotopic (exact) mass is 228 g/mol. The minimum Gasteiger partial charge on any atom is -0.479 e.